The van der Waals surface area contributed by atoms with Gasteiger partial charge in [0.1, 0.15) is 0 Å². The highest BCUT2D eigenvalue weighted by atomic mass is 79.9. The van der Waals surface area contributed by atoms with Crippen LogP contribution in [0, 0.1) is 0 Å². The van der Waals surface area contributed by atoms with Crippen molar-refractivity contribution >= 4 is 33.2 Å². The molecule has 0 saturated heterocycles. The van der Waals surface area contributed by atoms with Crippen molar-refractivity contribution in [3.8, 4) is 0 Å². The number of rotatable bonds is 6. The van der Waals surface area contributed by atoms with Crippen LogP contribution in [-0.4, -0.2) is 18.5 Å². The van der Waals surface area contributed by atoms with E-state index in [0.29, 0.717) is 13.0 Å². The number of carbonyl (C=O) groups excluding carboxylic acids is 1. The van der Waals surface area contributed by atoms with Crippen molar-refractivity contribution in [3.63, 3.8) is 0 Å². The molecule has 2 N–H and O–H groups in total. The molecular weight excluding hydrogens is 288 g/mol. The van der Waals surface area contributed by atoms with Gasteiger partial charge in [0.15, 0.2) is 0 Å². The van der Waals surface area contributed by atoms with Crippen LogP contribution < -0.4 is 10.6 Å². The third-order valence-corrected chi connectivity index (χ3v) is 3.82. The summed E-state index contributed by atoms with van der Waals surface area (Å²) in [7, 11) is 0. The van der Waals surface area contributed by atoms with E-state index >= 15 is 0 Å². The molecule has 0 saturated carbocycles. The predicted octanol–water partition coefficient (Wildman–Crippen LogP) is 2.51. The molecule has 1 aromatic rings. The lowest BCUT2D eigenvalue weighted by molar-refractivity contribution is -0.121. The molecule has 0 spiro atoms. The number of nitrogens with one attached hydrogen (secondary N) is 2. The van der Waals surface area contributed by atoms with E-state index in [1.165, 1.54) is 0 Å². The van der Waals surface area contributed by atoms with Gasteiger partial charge in [-0.3, -0.25) is 4.79 Å². The molecule has 1 atom stereocenters. The molecule has 0 radical (unpaired) electrons. The Bertz CT molecular complexity index is 340. The zero-order valence-electron chi connectivity index (χ0n) is 9.55. The van der Waals surface area contributed by atoms with Crippen LogP contribution in [0.25, 0.3) is 0 Å². The van der Waals surface area contributed by atoms with Crippen LogP contribution in [0.3, 0.4) is 0 Å². The van der Waals surface area contributed by atoms with Gasteiger partial charge < -0.3 is 10.6 Å². The molecule has 0 aliphatic heterocycles. The quantitative estimate of drug-likeness (QED) is 0.848. The van der Waals surface area contributed by atoms with Gasteiger partial charge in [0.2, 0.25) is 5.91 Å². The van der Waals surface area contributed by atoms with Crippen LogP contribution in [0.1, 0.15) is 25.1 Å². The molecule has 0 aliphatic carbocycles. The average molecular weight is 305 g/mol. The summed E-state index contributed by atoms with van der Waals surface area (Å²) in [6.45, 7) is 5.57. The number of amides is 1. The lowest BCUT2D eigenvalue weighted by atomic mass is 10.2. The van der Waals surface area contributed by atoms with Crippen molar-refractivity contribution in [1.82, 2.24) is 10.6 Å². The fraction of sp³-hybridized carbons (Fsp3) is 0.545. The van der Waals surface area contributed by atoms with E-state index in [4.69, 9.17) is 0 Å². The lowest BCUT2D eigenvalue weighted by Crippen LogP contribution is -2.33. The van der Waals surface area contributed by atoms with Gasteiger partial charge in [0, 0.05) is 27.2 Å². The number of hydrogen-bond acceptors (Lipinski definition) is 3. The summed E-state index contributed by atoms with van der Waals surface area (Å²) >= 11 is 5.03. The van der Waals surface area contributed by atoms with Gasteiger partial charge in [-0.05, 0) is 35.5 Å². The van der Waals surface area contributed by atoms with Crippen LogP contribution in [0.15, 0.2) is 15.9 Å². The minimum absolute atomic E-state index is 0.0953. The third-order valence-electron chi connectivity index (χ3n) is 2.13. The molecule has 1 amide bonds. The summed E-state index contributed by atoms with van der Waals surface area (Å²) in [6, 6.07) is 2.26. The van der Waals surface area contributed by atoms with Crippen molar-refractivity contribution in [2.24, 2.45) is 0 Å². The van der Waals surface area contributed by atoms with E-state index < -0.39 is 0 Å². The monoisotopic (exact) mass is 304 g/mol. The molecule has 1 unspecified atom stereocenters. The van der Waals surface area contributed by atoms with Crippen LogP contribution in [0.2, 0.25) is 0 Å². The first-order valence-electron chi connectivity index (χ1n) is 5.34. The molecule has 1 heterocycles. The molecule has 90 valence electrons. The second kappa shape index (κ2) is 7.04. The van der Waals surface area contributed by atoms with Gasteiger partial charge in [0.25, 0.3) is 0 Å². The standard InChI is InChI=1S/C11H17BrN2OS/c1-3-13-8(2)4-11(15)14-6-10-5-9(12)7-16-10/h5,7-8,13H,3-4,6H2,1-2H3,(H,14,15). The fourth-order valence-corrected chi connectivity index (χ4v) is 2.79. The highest BCUT2D eigenvalue weighted by Crippen LogP contribution is 2.19. The maximum atomic E-state index is 11.6. The Morgan fingerprint density at radius 2 is 2.38 bits per heavy atom. The maximum Gasteiger partial charge on any atom is 0.221 e. The normalized spacial score (nSPS) is 12.4. The summed E-state index contributed by atoms with van der Waals surface area (Å²) in [5.74, 6) is 0.0953. The van der Waals surface area contributed by atoms with Crippen LogP contribution >= 0.6 is 27.3 Å². The van der Waals surface area contributed by atoms with E-state index in [1.807, 2.05) is 25.3 Å². The largest absolute Gasteiger partial charge is 0.351 e. The molecule has 0 fully saturated rings. The Morgan fingerprint density at radius 1 is 1.62 bits per heavy atom. The summed E-state index contributed by atoms with van der Waals surface area (Å²) < 4.78 is 1.07. The van der Waals surface area contributed by atoms with Gasteiger partial charge in [0.05, 0.1) is 6.54 Å². The molecule has 0 aliphatic rings. The van der Waals surface area contributed by atoms with Gasteiger partial charge in [-0.25, -0.2) is 0 Å². The molecule has 0 bridgehead atoms. The summed E-state index contributed by atoms with van der Waals surface area (Å²) in [5, 5.41) is 8.14. The number of thiophene rings is 1. The SMILES string of the molecule is CCNC(C)CC(=O)NCc1cc(Br)cs1. The second-order valence-electron chi connectivity index (χ2n) is 3.67. The smallest absolute Gasteiger partial charge is 0.221 e. The van der Waals surface area contributed by atoms with Crippen LogP contribution in [0.4, 0.5) is 0 Å². The number of hydrogen-bond donors (Lipinski definition) is 2. The Balaban J connectivity index is 2.25. The predicted molar refractivity (Wildman–Crippen MR) is 71.6 cm³/mol. The minimum atomic E-state index is 0.0953. The minimum Gasteiger partial charge on any atom is -0.351 e. The first-order valence-corrected chi connectivity index (χ1v) is 7.02. The second-order valence-corrected chi connectivity index (χ2v) is 5.58. The number of carbonyl (C=O) groups is 1. The van der Waals surface area contributed by atoms with Crippen molar-refractivity contribution in [1.29, 1.82) is 0 Å². The number of halogens is 1. The van der Waals surface area contributed by atoms with Crippen molar-refractivity contribution < 1.29 is 4.79 Å². The molecule has 3 nitrogen and oxygen atoms in total. The van der Waals surface area contributed by atoms with E-state index in [2.05, 4.69) is 26.6 Å². The Labute approximate surface area is 109 Å². The van der Waals surface area contributed by atoms with E-state index in [1.54, 1.807) is 11.3 Å². The van der Waals surface area contributed by atoms with Crippen molar-refractivity contribution in [2.45, 2.75) is 32.9 Å². The van der Waals surface area contributed by atoms with Gasteiger partial charge in [-0.15, -0.1) is 11.3 Å². The molecule has 5 heteroatoms. The zero-order valence-corrected chi connectivity index (χ0v) is 12.0. The Kier molecular flexibility index (Phi) is 6.01. The van der Waals surface area contributed by atoms with E-state index in [0.717, 1.165) is 15.9 Å². The summed E-state index contributed by atoms with van der Waals surface area (Å²) in [6.07, 6.45) is 0.528. The van der Waals surface area contributed by atoms with Crippen LogP contribution in [0.5, 0.6) is 0 Å². The Hall–Kier alpha value is -0.390. The van der Waals surface area contributed by atoms with Crippen molar-refractivity contribution in [3.05, 3.63) is 20.8 Å². The van der Waals surface area contributed by atoms with Crippen LogP contribution in [-0.2, 0) is 11.3 Å². The molecule has 0 aromatic carbocycles. The van der Waals surface area contributed by atoms with E-state index in [-0.39, 0.29) is 11.9 Å². The Morgan fingerprint density at radius 3 is 2.94 bits per heavy atom. The van der Waals surface area contributed by atoms with Gasteiger partial charge >= 0.3 is 0 Å². The molecule has 1 aromatic heterocycles. The average Bonchev–Trinajstić information content (AvgIpc) is 2.61. The molecule has 16 heavy (non-hydrogen) atoms. The molecular formula is C11H17BrN2OS. The highest BCUT2D eigenvalue weighted by Gasteiger charge is 2.07. The first-order chi connectivity index (χ1) is 7.61. The topological polar surface area (TPSA) is 41.1 Å². The summed E-state index contributed by atoms with van der Waals surface area (Å²) in [5.41, 5.74) is 0. The highest BCUT2D eigenvalue weighted by molar-refractivity contribution is 9.10. The molecule has 1 rings (SSSR count). The zero-order chi connectivity index (χ0) is 12.0. The van der Waals surface area contributed by atoms with Crippen molar-refractivity contribution in [2.75, 3.05) is 6.54 Å². The lowest BCUT2D eigenvalue weighted by Gasteiger charge is -2.11. The first kappa shape index (κ1) is 13.7. The maximum absolute atomic E-state index is 11.6. The summed E-state index contributed by atoms with van der Waals surface area (Å²) in [4.78, 5) is 12.7. The fourth-order valence-electron chi connectivity index (χ4n) is 1.40. The van der Waals surface area contributed by atoms with Gasteiger partial charge in [-0.1, -0.05) is 6.92 Å². The van der Waals surface area contributed by atoms with Gasteiger partial charge in [-0.2, -0.15) is 0 Å². The third kappa shape index (κ3) is 5.09. The van der Waals surface area contributed by atoms with E-state index in [9.17, 15) is 4.79 Å².